The zero-order valence-electron chi connectivity index (χ0n) is 12.8. The molecule has 1 heterocycles. The maximum atomic E-state index is 12.3. The zero-order valence-corrected chi connectivity index (χ0v) is 12.8. The first-order valence-electron chi connectivity index (χ1n) is 7.66. The average molecular weight is 282 g/mol. The first-order valence-corrected chi connectivity index (χ1v) is 7.66. The maximum absolute atomic E-state index is 12.3. The van der Waals surface area contributed by atoms with Crippen molar-refractivity contribution in [1.82, 2.24) is 9.80 Å². The van der Waals surface area contributed by atoms with Crippen molar-refractivity contribution >= 4 is 11.9 Å². The number of nitrogens with zero attached hydrogens (tertiary/aromatic N) is 2. The number of carboxylic acids is 1. The quantitative estimate of drug-likeness (QED) is 0.800. The van der Waals surface area contributed by atoms with Gasteiger partial charge >= 0.3 is 5.97 Å². The van der Waals surface area contributed by atoms with E-state index in [2.05, 4.69) is 0 Å². The third-order valence-corrected chi connectivity index (χ3v) is 4.92. The molecule has 1 N–H and O–H groups in total. The van der Waals surface area contributed by atoms with Crippen LogP contribution in [-0.2, 0) is 9.59 Å². The van der Waals surface area contributed by atoms with E-state index in [1.807, 2.05) is 30.6 Å². The molecule has 1 saturated heterocycles. The summed E-state index contributed by atoms with van der Waals surface area (Å²) in [6, 6.07) is 0.435. The lowest BCUT2D eigenvalue weighted by molar-refractivity contribution is -0.151. The summed E-state index contributed by atoms with van der Waals surface area (Å²) in [4.78, 5) is 27.8. The molecule has 0 aromatic rings. The first-order chi connectivity index (χ1) is 9.40. The highest BCUT2D eigenvalue weighted by molar-refractivity contribution is 5.80. The molecule has 0 aromatic heterocycles. The van der Waals surface area contributed by atoms with E-state index in [4.69, 9.17) is 0 Å². The Hall–Kier alpha value is -1.10. The molecule has 0 spiro atoms. The number of carbonyl (C=O) groups excluding carboxylic acids is 1. The van der Waals surface area contributed by atoms with Gasteiger partial charge in [0.1, 0.15) is 0 Å². The molecule has 1 unspecified atom stereocenters. The van der Waals surface area contributed by atoms with Crippen LogP contribution in [-0.4, -0.2) is 59.0 Å². The van der Waals surface area contributed by atoms with E-state index < -0.39 is 11.4 Å². The Kier molecular flexibility index (Phi) is 4.37. The molecule has 0 aromatic carbocycles. The van der Waals surface area contributed by atoms with Gasteiger partial charge in [-0.05, 0) is 38.6 Å². The Morgan fingerprint density at radius 3 is 2.45 bits per heavy atom. The van der Waals surface area contributed by atoms with Crippen molar-refractivity contribution in [1.29, 1.82) is 0 Å². The number of carbonyl (C=O) groups is 2. The summed E-state index contributed by atoms with van der Waals surface area (Å²) in [5.74, 6) is -0.484. The van der Waals surface area contributed by atoms with Crippen molar-refractivity contribution in [2.45, 2.75) is 46.1 Å². The number of hydrogen-bond donors (Lipinski definition) is 1. The van der Waals surface area contributed by atoms with E-state index >= 15 is 0 Å². The van der Waals surface area contributed by atoms with Gasteiger partial charge in [-0.1, -0.05) is 13.8 Å². The molecule has 1 aliphatic carbocycles. The van der Waals surface area contributed by atoms with Crippen molar-refractivity contribution < 1.29 is 14.7 Å². The van der Waals surface area contributed by atoms with Gasteiger partial charge in [0.2, 0.25) is 5.91 Å². The van der Waals surface area contributed by atoms with Gasteiger partial charge in [-0.2, -0.15) is 0 Å². The summed E-state index contributed by atoms with van der Waals surface area (Å²) in [7, 11) is 0. The Bertz CT molecular complexity index is 393. The van der Waals surface area contributed by atoms with E-state index in [1.54, 1.807) is 0 Å². The highest BCUT2D eigenvalue weighted by atomic mass is 16.4. The monoisotopic (exact) mass is 282 g/mol. The van der Waals surface area contributed by atoms with Crippen LogP contribution in [0, 0.1) is 11.3 Å². The molecule has 2 fully saturated rings. The molecular weight excluding hydrogens is 256 g/mol. The Morgan fingerprint density at radius 2 is 2.05 bits per heavy atom. The Morgan fingerprint density at radius 1 is 1.40 bits per heavy atom. The number of hydrogen-bond acceptors (Lipinski definition) is 3. The van der Waals surface area contributed by atoms with E-state index in [-0.39, 0.29) is 11.8 Å². The van der Waals surface area contributed by atoms with Crippen molar-refractivity contribution in [2.75, 3.05) is 26.2 Å². The van der Waals surface area contributed by atoms with Crippen LogP contribution in [0.1, 0.15) is 40.0 Å². The molecular formula is C15H26N2O3. The Balaban J connectivity index is 1.95. The summed E-state index contributed by atoms with van der Waals surface area (Å²) in [6.45, 7) is 8.25. The molecule has 0 bridgehead atoms. The lowest BCUT2D eigenvalue weighted by atomic mass is 9.76. The topological polar surface area (TPSA) is 60.9 Å². The maximum Gasteiger partial charge on any atom is 0.311 e. The fourth-order valence-electron chi connectivity index (χ4n) is 3.25. The van der Waals surface area contributed by atoms with E-state index in [0.29, 0.717) is 32.1 Å². The van der Waals surface area contributed by atoms with Crippen LogP contribution < -0.4 is 0 Å². The lowest BCUT2D eigenvalue weighted by Crippen LogP contribution is -2.43. The second-order valence-electron chi connectivity index (χ2n) is 6.49. The van der Waals surface area contributed by atoms with Gasteiger partial charge in [-0.3, -0.25) is 14.5 Å². The molecule has 5 heteroatoms. The summed E-state index contributed by atoms with van der Waals surface area (Å²) in [5, 5.41) is 9.52. The number of amides is 1. The molecule has 1 amide bonds. The molecule has 2 aliphatic rings. The van der Waals surface area contributed by atoms with E-state index in [9.17, 15) is 14.7 Å². The molecule has 0 radical (unpaired) electrons. The van der Waals surface area contributed by atoms with Gasteiger partial charge in [0.25, 0.3) is 0 Å². The standard InChI is InChI=1S/C15H26N2O3/c1-4-17(12-5-6-12)13(18)9-16-8-7-15(10-16,11(2)3)14(19)20/h11-12H,4-10H2,1-3H3,(H,19,20). The van der Waals surface area contributed by atoms with Gasteiger partial charge in [0.15, 0.2) is 0 Å². The summed E-state index contributed by atoms with van der Waals surface area (Å²) in [6.07, 6.45) is 2.87. The van der Waals surface area contributed by atoms with Crippen molar-refractivity contribution in [2.24, 2.45) is 11.3 Å². The van der Waals surface area contributed by atoms with Gasteiger partial charge in [-0.25, -0.2) is 0 Å². The molecule has 5 nitrogen and oxygen atoms in total. The average Bonchev–Trinajstić information content (AvgIpc) is 3.09. The summed E-state index contributed by atoms with van der Waals surface area (Å²) >= 11 is 0. The zero-order chi connectivity index (χ0) is 14.9. The van der Waals surface area contributed by atoms with Crippen LogP contribution in [0.25, 0.3) is 0 Å². The SMILES string of the molecule is CCN(C(=O)CN1CCC(C(=O)O)(C(C)C)C1)C1CC1. The van der Waals surface area contributed by atoms with Crippen LogP contribution in [0.4, 0.5) is 0 Å². The van der Waals surface area contributed by atoms with Gasteiger partial charge in [0, 0.05) is 19.1 Å². The number of likely N-dealkylation sites (N-methyl/N-ethyl adjacent to an activating group) is 1. The second kappa shape index (κ2) is 5.72. The fourth-order valence-corrected chi connectivity index (χ4v) is 3.25. The predicted molar refractivity (Wildman–Crippen MR) is 76.4 cm³/mol. The largest absolute Gasteiger partial charge is 0.481 e. The molecule has 20 heavy (non-hydrogen) atoms. The highest BCUT2D eigenvalue weighted by Gasteiger charge is 2.47. The van der Waals surface area contributed by atoms with Crippen LogP contribution in [0.15, 0.2) is 0 Å². The third kappa shape index (κ3) is 2.82. The van der Waals surface area contributed by atoms with Crippen LogP contribution in [0.3, 0.4) is 0 Å². The minimum Gasteiger partial charge on any atom is -0.481 e. The smallest absolute Gasteiger partial charge is 0.311 e. The molecule has 1 atom stereocenters. The van der Waals surface area contributed by atoms with Crippen molar-refractivity contribution in [3.63, 3.8) is 0 Å². The van der Waals surface area contributed by atoms with Crippen molar-refractivity contribution in [3.8, 4) is 0 Å². The second-order valence-corrected chi connectivity index (χ2v) is 6.49. The summed E-state index contributed by atoms with van der Waals surface area (Å²) in [5.41, 5.74) is -0.684. The van der Waals surface area contributed by atoms with Crippen LogP contribution in [0.5, 0.6) is 0 Å². The van der Waals surface area contributed by atoms with Crippen molar-refractivity contribution in [3.05, 3.63) is 0 Å². The minimum absolute atomic E-state index is 0.0887. The summed E-state index contributed by atoms with van der Waals surface area (Å²) < 4.78 is 0. The molecule has 1 saturated carbocycles. The minimum atomic E-state index is -0.725. The van der Waals surface area contributed by atoms with E-state index in [0.717, 1.165) is 19.4 Å². The number of rotatable bonds is 6. The van der Waals surface area contributed by atoms with Gasteiger partial charge < -0.3 is 10.0 Å². The normalized spacial score (nSPS) is 27.0. The highest BCUT2D eigenvalue weighted by Crippen LogP contribution is 2.38. The number of likely N-dealkylation sites (tertiary alicyclic amines) is 1. The fraction of sp³-hybridized carbons (Fsp3) is 0.867. The molecule has 1 aliphatic heterocycles. The third-order valence-electron chi connectivity index (χ3n) is 4.92. The van der Waals surface area contributed by atoms with Crippen LogP contribution >= 0.6 is 0 Å². The molecule has 114 valence electrons. The number of aliphatic carboxylic acids is 1. The first kappa shape index (κ1) is 15.3. The predicted octanol–water partition coefficient (Wildman–Crippen LogP) is 1.43. The Labute approximate surface area is 120 Å². The van der Waals surface area contributed by atoms with Gasteiger partial charge in [0.05, 0.1) is 12.0 Å². The van der Waals surface area contributed by atoms with E-state index in [1.165, 1.54) is 0 Å². The van der Waals surface area contributed by atoms with Gasteiger partial charge in [-0.15, -0.1) is 0 Å². The lowest BCUT2D eigenvalue weighted by Gasteiger charge is -2.29. The molecule has 2 rings (SSSR count). The van der Waals surface area contributed by atoms with Crippen LogP contribution in [0.2, 0.25) is 0 Å². The number of carboxylic acid groups (broad SMARTS) is 1.